The maximum atomic E-state index is 13.5. The van der Waals surface area contributed by atoms with Crippen molar-refractivity contribution >= 4 is 23.2 Å². The summed E-state index contributed by atoms with van der Waals surface area (Å²) in [5.74, 6) is 1.31. The van der Waals surface area contributed by atoms with Gasteiger partial charge in [-0.2, -0.15) is 0 Å². The highest BCUT2D eigenvalue weighted by Crippen LogP contribution is 2.31. The Labute approximate surface area is 212 Å². The van der Waals surface area contributed by atoms with Gasteiger partial charge in [-0.25, -0.2) is 14.4 Å². The molecule has 7 heteroatoms. The van der Waals surface area contributed by atoms with Crippen LogP contribution >= 0.6 is 11.6 Å². The smallest absolute Gasteiger partial charge is 0.126 e. The Bertz CT molecular complexity index is 1130. The normalized spacial score (nSPS) is 21.0. The van der Waals surface area contributed by atoms with E-state index in [0.717, 1.165) is 28.7 Å². The molecule has 3 heterocycles. The molecule has 2 N–H and O–H groups in total. The van der Waals surface area contributed by atoms with Gasteiger partial charge in [0.15, 0.2) is 0 Å². The van der Waals surface area contributed by atoms with Crippen molar-refractivity contribution < 1.29 is 4.39 Å². The zero-order valence-electron chi connectivity index (χ0n) is 20.0. The summed E-state index contributed by atoms with van der Waals surface area (Å²) in [4.78, 5) is 12.0. The van der Waals surface area contributed by atoms with Crippen molar-refractivity contribution in [3.05, 3.63) is 71.1 Å². The van der Waals surface area contributed by atoms with E-state index in [-0.39, 0.29) is 5.82 Å². The van der Waals surface area contributed by atoms with Crippen LogP contribution in [-0.4, -0.2) is 40.0 Å². The van der Waals surface area contributed by atoms with E-state index in [4.69, 9.17) is 16.6 Å². The molecule has 0 radical (unpaired) electrons. The maximum absolute atomic E-state index is 13.5. The van der Waals surface area contributed by atoms with Gasteiger partial charge in [-0.05, 0) is 87.5 Å². The highest BCUT2D eigenvalue weighted by molar-refractivity contribution is 6.33. The lowest BCUT2D eigenvalue weighted by Crippen LogP contribution is -2.43. The fourth-order valence-corrected chi connectivity index (χ4v) is 5.51. The van der Waals surface area contributed by atoms with Crippen LogP contribution in [0.25, 0.3) is 11.3 Å². The largest absolute Gasteiger partial charge is 0.367 e. The molecular formula is C28H33ClFN5. The number of aromatic nitrogens is 2. The number of anilines is 2. The lowest BCUT2D eigenvalue weighted by atomic mass is 9.89. The SMILES string of the molecule is Fc1cccc(CNc2cccc(-c3cc(N[C@H]4CC[C@H](N5CCCCC5)CC4)ncc3Cl)n2)c1. The van der Waals surface area contributed by atoms with E-state index in [1.165, 1.54) is 70.2 Å². The molecule has 2 aliphatic rings. The number of piperidine rings is 1. The van der Waals surface area contributed by atoms with E-state index in [1.807, 2.05) is 30.3 Å². The molecule has 2 fully saturated rings. The Morgan fingerprint density at radius 3 is 2.54 bits per heavy atom. The molecule has 1 saturated heterocycles. The molecule has 184 valence electrons. The number of nitrogens with one attached hydrogen (secondary N) is 2. The molecule has 2 aromatic heterocycles. The second-order valence-corrected chi connectivity index (χ2v) is 10.1. The van der Waals surface area contributed by atoms with E-state index in [9.17, 15) is 4.39 Å². The molecule has 3 aromatic rings. The zero-order chi connectivity index (χ0) is 24.0. The molecule has 1 aromatic carbocycles. The van der Waals surface area contributed by atoms with Gasteiger partial charge in [-0.3, -0.25) is 0 Å². The molecule has 0 bridgehead atoms. The standard InChI is InChI=1S/C28H33ClFN5/c29-25-19-32-28(33-22-10-12-23(13-11-22)35-14-2-1-3-15-35)17-24(25)26-8-5-9-27(34-26)31-18-20-6-4-7-21(30)16-20/h4-9,16-17,19,22-23H,1-3,10-15,18H2,(H,31,34)(H,32,33)/t22-,23-. The summed E-state index contributed by atoms with van der Waals surface area (Å²) in [5.41, 5.74) is 2.49. The minimum atomic E-state index is -0.241. The quantitative estimate of drug-likeness (QED) is 0.381. The molecule has 1 saturated carbocycles. The molecule has 0 spiro atoms. The Kier molecular flexibility index (Phi) is 7.79. The first-order valence-corrected chi connectivity index (χ1v) is 13.1. The van der Waals surface area contributed by atoms with Gasteiger partial charge >= 0.3 is 0 Å². The predicted octanol–water partition coefficient (Wildman–Crippen LogP) is 6.76. The Morgan fingerprint density at radius 2 is 1.74 bits per heavy atom. The first kappa shape index (κ1) is 24.0. The van der Waals surface area contributed by atoms with E-state index in [0.29, 0.717) is 23.4 Å². The van der Waals surface area contributed by atoms with Crippen LogP contribution in [0.3, 0.4) is 0 Å². The van der Waals surface area contributed by atoms with Crippen LogP contribution in [0.5, 0.6) is 0 Å². The third kappa shape index (κ3) is 6.30. The lowest BCUT2D eigenvalue weighted by Gasteiger charge is -2.39. The monoisotopic (exact) mass is 493 g/mol. The van der Waals surface area contributed by atoms with Gasteiger partial charge in [0, 0.05) is 30.4 Å². The Balaban J connectivity index is 1.22. The van der Waals surface area contributed by atoms with E-state index in [2.05, 4.69) is 20.5 Å². The fraction of sp³-hybridized carbons (Fsp3) is 0.429. The van der Waals surface area contributed by atoms with E-state index in [1.54, 1.807) is 12.3 Å². The number of rotatable bonds is 7. The Hall–Kier alpha value is -2.70. The van der Waals surface area contributed by atoms with Gasteiger partial charge in [0.05, 0.1) is 10.7 Å². The predicted molar refractivity (Wildman–Crippen MR) is 141 cm³/mol. The van der Waals surface area contributed by atoms with Crippen LogP contribution in [0.1, 0.15) is 50.5 Å². The summed E-state index contributed by atoms with van der Waals surface area (Å²) in [5, 5.41) is 7.48. The molecule has 1 aliphatic heterocycles. The van der Waals surface area contributed by atoms with Crippen LogP contribution in [0, 0.1) is 5.82 Å². The van der Waals surface area contributed by atoms with Crippen LogP contribution in [0.15, 0.2) is 54.7 Å². The number of benzene rings is 1. The second kappa shape index (κ2) is 11.4. The fourth-order valence-electron chi connectivity index (χ4n) is 5.31. The molecule has 1 aliphatic carbocycles. The summed E-state index contributed by atoms with van der Waals surface area (Å²) >= 11 is 6.52. The average Bonchev–Trinajstić information content (AvgIpc) is 2.90. The van der Waals surface area contributed by atoms with Gasteiger partial charge in [0.25, 0.3) is 0 Å². The lowest BCUT2D eigenvalue weighted by molar-refractivity contribution is 0.127. The summed E-state index contributed by atoms with van der Waals surface area (Å²) in [6.07, 6.45) is 10.6. The van der Waals surface area contributed by atoms with Gasteiger partial charge in [-0.15, -0.1) is 0 Å². The third-order valence-corrected chi connectivity index (χ3v) is 7.50. The van der Waals surface area contributed by atoms with Crippen LogP contribution in [0.2, 0.25) is 5.02 Å². The molecule has 35 heavy (non-hydrogen) atoms. The average molecular weight is 494 g/mol. The van der Waals surface area contributed by atoms with Gasteiger partial charge < -0.3 is 15.5 Å². The van der Waals surface area contributed by atoms with E-state index < -0.39 is 0 Å². The van der Waals surface area contributed by atoms with E-state index >= 15 is 0 Å². The third-order valence-electron chi connectivity index (χ3n) is 7.20. The maximum Gasteiger partial charge on any atom is 0.126 e. The Morgan fingerprint density at radius 1 is 0.943 bits per heavy atom. The van der Waals surface area contributed by atoms with Crippen molar-refractivity contribution in [3.63, 3.8) is 0 Å². The number of likely N-dealkylation sites (tertiary alicyclic amines) is 1. The van der Waals surface area contributed by atoms with Crippen molar-refractivity contribution in [2.24, 2.45) is 0 Å². The van der Waals surface area contributed by atoms with Gasteiger partial charge in [0.1, 0.15) is 17.5 Å². The zero-order valence-corrected chi connectivity index (χ0v) is 20.8. The first-order valence-electron chi connectivity index (χ1n) is 12.8. The summed E-state index contributed by atoms with van der Waals surface area (Å²) in [6, 6.07) is 15.5. The van der Waals surface area contributed by atoms with Crippen molar-refractivity contribution in [2.75, 3.05) is 23.7 Å². The highest BCUT2D eigenvalue weighted by atomic mass is 35.5. The van der Waals surface area contributed by atoms with Crippen LogP contribution in [-0.2, 0) is 6.54 Å². The van der Waals surface area contributed by atoms with Crippen molar-refractivity contribution in [2.45, 2.75) is 63.6 Å². The van der Waals surface area contributed by atoms with Gasteiger partial charge in [-0.1, -0.05) is 36.2 Å². The highest BCUT2D eigenvalue weighted by Gasteiger charge is 2.26. The minimum Gasteiger partial charge on any atom is -0.367 e. The number of pyridine rings is 2. The summed E-state index contributed by atoms with van der Waals surface area (Å²) in [7, 11) is 0. The summed E-state index contributed by atoms with van der Waals surface area (Å²) in [6.45, 7) is 3.03. The second-order valence-electron chi connectivity index (χ2n) is 9.69. The molecule has 0 amide bonds. The van der Waals surface area contributed by atoms with Crippen molar-refractivity contribution in [1.82, 2.24) is 14.9 Å². The van der Waals surface area contributed by atoms with Crippen LogP contribution in [0.4, 0.5) is 16.0 Å². The molecule has 0 atom stereocenters. The number of hydrogen-bond donors (Lipinski definition) is 2. The number of halogens is 2. The molecule has 5 nitrogen and oxygen atoms in total. The van der Waals surface area contributed by atoms with Gasteiger partial charge in [0.2, 0.25) is 0 Å². The molecular weight excluding hydrogens is 461 g/mol. The first-order chi connectivity index (χ1) is 17.1. The van der Waals surface area contributed by atoms with Crippen molar-refractivity contribution in [1.29, 1.82) is 0 Å². The minimum absolute atomic E-state index is 0.241. The topological polar surface area (TPSA) is 53.1 Å². The molecule has 5 rings (SSSR count). The molecule has 0 unspecified atom stereocenters. The number of nitrogens with zero attached hydrogens (tertiary/aromatic N) is 3. The summed E-state index contributed by atoms with van der Waals surface area (Å²) < 4.78 is 13.5. The van der Waals surface area contributed by atoms with Crippen LogP contribution < -0.4 is 10.6 Å². The van der Waals surface area contributed by atoms with Crippen molar-refractivity contribution in [3.8, 4) is 11.3 Å². The number of hydrogen-bond acceptors (Lipinski definition) is 5.